The molecule has 0 N–H and O–H groups in total. The molecule has 0 radical (unpaired) electrons. The van der Waals surface area contributed by atoms with Crippen LogP contribution in [0.4, 0.5) is 5.69 Å². The second kappa shape index (κ2) is 7.90. The van der Waals surface area contributed by atoms with Crippen LogP contribution in [0.5, 0.6) is 0 Å². The number of hydrogen-bond acceptors (Lipinski definition) is 7. The Kier molecular flexibility index (Phi) is 5.74. The molecular formula is C19H25N3O5S. The van der Waals surface area contributed by atoms with E-state index in [1.54, 1.807) is 32.0 Å². The van der Waals surface area contributed by atoms with Crippen molar-refractivity contribution in [2.75, 3.05) is 24.6 Å². The molecule has 9 heteroatoms. The van der Waals surface area contributed by atoms with Crippen LogP contribution in [0.1, 0.15) is 33.6 Å². The summed E-state index contributed by atoms with van der Waals surface area (Å²) in [4.78, 5) is 26.6. The summed E-state index contributed by atoms with van der Waals surface area (Å²) >= 11 is 0. The van der Waals surface area contributed by atoms with E-state index in [-0.39, 0.29) is 23.2 Å². The number of carbonyl (C=O) groups is 2. The second-order valence-electron chi connectivity index (χ2n) is 7.45. The van der Waals surface area contributed by atoms with Gasteiger partial charge in [0.25, 0.3) is 5.91 Å². The smallest absolute Gasteiger partial charge is 0.328 e. The molecule has 1 aromatic carbocycles. The molecule has 0 saturated carbocycles. The number of likely N-dealkylation sites (tertiary alicyclic amines) is 1. The highest BCUT2D eigenvalue weighted by molar-refractivity contribution is 8.08. The lowest BCUT2D eigenvalue weighted by Crippen LogP contribution is -2.46. The van der Waals surface area contributed by atoms with Crippen LogP contribution < -0.4 is 5.01 Å². The van der Waals surface area contributed by atoms with Gasteiger partial charge in [0.1, 0.15) is 6.54 Å². The maximum atomic E-state index is 13.0. The number of para-hydroxylation sites is 1. The van der Waals surface area contributed by atoms with Gasteiger partial charge in [-0.2, -0.15) is 5.10 Å². The summed E-state index contributed by atoms with van der Waals surface area (Å²) < 4.78 is 31.2. The third kappa shape index (κ3) is 4.04. The lowest BCUT2D eigenvalue weighted by Gasteiger charge is -2.32. The Morgan fingerprint density at radius 2 is 1.86 bits per heavy atom. The van der Waals surface area contributed by atoms with Gasteiger partial charge in [-0.1, -0.05) is 19.1 Å². The summed E-state index contributed by atoms with van der Waals surface area (Å²) in [6.07, 6.45) is 1.33. The molecule has 2 heterocycles. The number of nitrogens with zero attached hydrogens (tertiary/aromatic N) is 3. The highest BCUT2D eigenvalue weighted by atomic mass is 32.2. The highest BCUT2D eigenvalue weighted by Crippen LogP contribution is 2.32. The number of anilines is 1. The second-order valence-corrected chi connectivity index (χ2v) is 9.28. The minimum Gasteiger partial charge on any atom is -0.462 e. The molecule has 0 aliphatic carbocycles. The predicted octanol–water partition coefficient (Wildman–Crippen LogP) is 1.80. The first-order valence-corrected chi connectivity index (χ1v) is 10.9. The third-order valence-electron chi connectivity index (χ3n) is 4.80. The molecule has 0 bridgehead atoms. The maximum absolute atomic E-state index is 13.0. The first-order valence-electron chi connectivity index (χ1n) is 9.39. The SMILES string of the molecule is CC1CCN(C(=O)C2=NN(CC(=O)OC(C)C)c3ccccc3S2(=O)=O)CC1. The fraction of sp³-hybridized carbons (Fsp3) is 0.526. The van der Waals surface area contributed by atoms with Crippen molar-refractivity contribution < 1.29 is 22.7 Å². The highest BCUT2D eigenvalue weighted by Gasteiger charge is 2.40. The number of sulfone groups is 1. The van der Waals surface area contributed by atoms with E-state index < -0.39 is 26.8 Å². The quantitative estimate of drug-likeness (QED) is 0.706. The fourth-order valence-electron chi connectivity index (χ4n) is 3.27. The van der Waals surface area contributed by atoms with Crippen molar-refractivity contribution in [3.8, 4) is 0 Å². The number of hydrogen-bond donors (Lipinski definition) is 0. The van der Waals surface area contributed by atoms with Crippen LogP contribution in [0.15, 0.2) is 34.3 Å². The molecule has 2 aliphatic heterocycles. The Hall–Kier alpha value is -2.42. The summed E-state index contributed by atoms with van der Waals surface area (Å²) in [5.41, 5.74) is 0.257. The molecule has 0 unspecified atom stereocenters. The van der Waals surface area contributed by atoms with Crippen molar-refractivity contribution in [1.82, 2.24) is 4.90 Å². The van der Waals surface area contributed by atoms with E-state index in [1.807, 2.05) is 0 Å². The van der Waals surface area contributed by atoms with Crippen molar-refractivity contribution in [2.24, 2.45) is 11.0 Å². The van der Waals surface area contributed by atoms with E-state index in [4.69, 9.17) is 4.74 Å². The first-order chi connectivity index (χ1) is 13.2. The van der Waals surface area contributed by atoms with Crippen molar-refractivity contribution in [3.63, 3.8) is 0 Å². The van der Waals surface area contributed by atoms with Gasteiger partial charge in [0, 0.05) is 13.1 Å². The Bertz CT molecular complexity index is 902. The summed E-state index contributed by atoms with van der Waals surface area (Å²) in [5.74, 6) is -0.674. The molecule has 1 fully saturated rings. The number of fused-ring (bicyclic) bond motifs is 1. The Morgan fingerprint density at radius 1 is 1.21 bits per heavy atom. The minimum atomic E-state index is -4.07. The number of piperidine rings is 1. The number of benzene rings is 1. The predicted molar refractivity (Wildman–Crippen MR) is 105 cm³/mol. The lowest BCUT2D eigenvalue weighted by atomic mass is 9.99. The first kappa shape index (κ1) is 20.3. The Balaban J connectivity index is 1.96. The summed E-state index contributed by atoms with van der Waals surface area (Å²) in [7, 11) is -4.07. The normalized spacial score (nSPS) is 19.2. The van der Waals surface area contributed by atoms with Crippen LogP contribution in [0, 0.1) is 5.92 Å². The average molecular weight is 407 g/mol. The van der Waals surface area contributed by atoms with Gasteiger partial charge in [-0.25, -0.2) is 8.42 Å². The molecule has 1 aromatic rings. The zero-order valence-electron chi connectivity index (χ0n) is 16.3. The van der Waals surface area contributed by atoms with Crippen LogP contribution >= 0.6 is 0 Å². The van der Waals surface area contributed by atoms with Crippen LogP contribution in [0.25, 0.3) is 0 Å². The number of amides is 1. The average Bonchev–Trinajstić information content (AvgIpc) is 2.63. The Labute approximate surface area is 165 Å². The zero-order chi connectivity index (χ0) is 20.5. The standard InChI is InChI=1S/C19H25N3O5S/c1-13(2)27-17(23)12-22-15-6-4-5-7-16(15)28(25,26)18(20-22)19(24)21-10-8-14(3)9-11-21/h4-7,13-14H,8-12H2,1-3H3. The lowest BCUT2D eigenvalue weighted by molar-refractivity contribution is -0.145. The number of esters is 1. The van der Waals surface area contributed by atoms with Gasteiger partial charge in [-0.3, -0.25) is 14.6 Å². The van der Waals surface area contributed by atoms with E-state index >= 15 is 0 Å². The number of ether oxygens (including phenoxy) is 1. The minimum absolute atomic E-state index is 0.0314. The molecular weight excluding hydrogens is 382 g/mol. The maximum Gasteiger partial charge on any atom is 0.328 e. The Morgan fingerprint density at radius 3 is 2.50 bits per heavy atom. The van der Waals surface area contributed by atoms with Crippen molar-refractivity contribution in [3.05, 3.63) is 24.3 Å². The van der Waals surface area contributed by atoms with Crippen molar-refractivity contribution in [2.45, 2.75) is 44.6 Å². The molecule has 1 saturated heterocycles. The summed E-state index contributed by atoms with van der Waals surface area (Å²) in [6, 6.07) is 6.22. The number of carbonyl (C=O) groups excluding carboxylic acids is 2. The van der Waals surface area contributed by atoms with Crippen LogP contribution in [0.3, 0.4) is 0 Å². The van der Waals surface area contributed by atoms with Gasteiger partial charge in [0.05, 0.1) is 16.7 Å². The summed E-state index contributed by atoms with van der Waals surface area (Å²) in [5, 5.41) is 4.78. The fourth-order valence-corrected chi connectivity index (χ4v) is 4.75. The van der Waals surface area contributed by atoms with Gasteiger partial charge in [-0.15, -0.1) is 0 Å². The molecule has 2 aliphatic rings. The molecule has 28 heavy (non-hydrogen) atoms. The van der Waals surface area contributed by atoms with E-state index in [1.165, 1.54) is 16.0 Å². The molecule has 0 aromatic heterocycles. The zero-order valence-corrected chi connectivity index (χ0v) is 17.1. The number of rotatable bonds is 4. The topological polar surface area (TPSA) is 96.3 Å². The van der Waals surface area contributed by atoms with E-state index in [9.17, 15) is 18.0 Å². The van der Waals surface area contributed by atoms with Crippen molar-refractivity contribution >= 4 is 32.4 Å². The van der Waals surface area contributed by atoms with Gasteiger partial charge >= 0.3 is 5.97 Å². The van der Waals surface area contributed by atoms with E-state index in [2.05, 4.69) is 12.0 Å². The molecule has 0 spiro atoms. The third-order valence-corrected chi connectivity index (χ3v) is 6.49. The molecule has 152 valence electrons. The van der Waals surface area contributed by atoms with Gasteiger partial charge in [0.15, 0.2) is 0 Å². The van der Waals surface area contributed by atoms with Gasteiger partial charge in [0.2, 0.25) is 14.9 Å². The van der Waals surface area contributed by atoms with E-state index in [0.29, 0.717) is 19.0 Å². The molecule has 8 nitrogen and oxygen atoms in total. The summed E-state index contributed by atoms with van der Waals surface area (Å²) in [6.45, 7) is 6.26. The van der Waals surface area contributed by atoms with Crippen molar-refractivity contribution in [1.29, 1.82) is 0 Å². The molecule has 3 rings (SSSR count). The van der Waals surface area contributed by atoms with Gasteiger partial charge < -0.3 is 9.64 Å². The van der Waals surface area contributed by atoms with E-state index in [0.717, 1.165) is 12.8 Å². The number of hydrazone groups is 1. The monoisotopic (exact) mass is 407 g/mol. The van der Waals surface area contributed by atoms with Crippen LogP contribution in [-0.2, 0) is 24.2 Å². The molecule has 0 atom stereocenters. The van der Waals surface area contributed by atoms with Crippen LogP contribution in [-0.4, -0.2) is 56.0 Å². The largest absolute Gasteiger partial charge is 0.462 e. The van der Waals surface area contributed by atoms with Crippen LogP contribution in [0.2, 0.25) is 0 Å². The van der Waals surface area contributed by atoms with Gasteiger partial charge in [-0.05, 0) is 44.7 Å². The molecule has 1 amide bonds.